The predicted molar refractivity (Wildman–Crippen MR) is 141 cm³/mol. The SMILES string of the molecule is CN1CC[C@@](O)(c2cccc(-c3ncc(-c4cn(S(=O)(=O)c5ccccc5)c5ncccc45)s3)c2)C1=O. The Bertz CT molecular complexity index is 1760. The van der Waals surface area contributed by atoms with Gasteiger partial charge >= 0.3 is 0 Å². The Kier molecular flexibility index (Phi) is 5.48. The van der Waals surface area contributed by atoms with Crippen molar-refractivity contribution < 1.29 is 18.3 Å². The molecule has 186 valence electrons. The van der Waals surface area contributed by atoms with Gasteiger partial charge in [-0.1, -0.05) is 36.4 Å². The lowest BCUT2D eigenvalue weighted by Gasteiger charge is -2.21. The first-order chi connectivity index (χ1) is 17.8. The van der Waals surface area contributed by atoms with E-state index in [1.165, 1.54) is 20.2 Å². The van der Waals surface area contributed by atoms with Gasteiger partial charge in [-0.2, -0.15) is 0 Å². The fourth-order valence-electron chi connectivity index (χ4n) is 4.68. The molecule has 5 aromatic rings. The van der Waals surface area contributed by atoms with Crippen LogP contribution in [0.2, 0.25) is 0 Å². The smallest absolute Gasteiger partial charge is 0.269 e. The van der Waals surface area contributed by atoms with Gasteiger partial charge in [-0.25, -0.2) is 22.4 Å². The van der Waals surface area contributed by atoms with E-state index in [9.17, 15) is 18.3 Å². The van der Waals surface area contributed by atoms with E-state index < -0.39 is 15.6 Å². The summed E-state index contributed by atoms with van der Waals surface area (Å²) in [6.45, 7) is 0.491. The summed E-state index contributed by atoms with van der Waals surface area (Å²) < 4.78 is 28.0. The number of nitrogens with zero attached hydrogens (tertiary/aromatic N) is 4. The van der Waals surface area contributed by atoms with Gasteiger partial charge in [-0.05, 0) is 35.9 Å². The zero-order valence-electron chi connectivity index (χ0n) is 19.8. The van der Waals surface area contributed by atoms with E-state index in [4.69, 9.17) is 0 Å². The van der Waals surface area contributed by atoms with Crippen LogP contribution >= 0.6 is 11.3 Å². The number of benzene rings is 2. The van der Waals surface area contributed by atoms with Crippen LogP contribution in [0.1, 0.15) is 12.0 Å². The number of carbonyl (C=O) groups is 1. The fourth-order valence-corrected chi connectivity index (χ4v) is 6.96. The van der Waals surface area contributed by atoms with E-state index in [-0.39, 0.29) is 10.8 Å². The first kappa shape index (κ1) is 23.5. The number of fused-ring (bicyclic) bond motifs is 1. The second-order valence-electron chi connectivity index (χ2n) is 8.98. The molecule has 10 heteroatoms. The Morgan fingerprint density at radius 3 is 2.59 bits per heavy atom. The Balaban J connectivity index is 1.42. The molecular weight excluding hydrogens is 508 g/mol. The number of likely N-dealkylation sites (tertiary alicyclic amines) is 1. The highest BCUT2D eigenvalue weighted by atomic mass is 32.2. The molecule has 8 nitrogen and oxygen atoms in total. The van der Waals surface area contributed by atoms with Gasteiger partial charge in [0, 0.05) is 55.1 Å². The molecule has 0 saturated carbocycles. The lowest BCUT2D eigenvalue weighted by molar-refractivity contribution is -0.143. The van der Waals surface area contributed by atoms with Crippen molar-refractivity contribution in [2.75, 3.05) is 13.6 Å². The van der Waals surface area contributed by atoms with Gasteiger partial charge in [0.1, 0.15) is 5.01 Å². The molecule has 0 unspecified atom stereocenters. The van der Waals surface area contributed by atoms with Crippen molar-refractivity contribution in [1.29, 1.82) is 0 Å². The monoisotopic (exact) mass is 530 g/mol. The van der Waals surface area contributed by atoms with Gasteiger partial charge < -0.3 is 10.0 Å². The maximum absolute atomic E-state index is 13.4. The lowest BCUT2D eigenvalue weighted by atomic mass is 9.91. The molecule has 3 aromatic heterocycles. The van der Waals surface area contributed by atoms with E-state index >= 15 is 0 Å². The standard InChI is InChI=1S/C27H22N4O4S2/c1-30-14-12-27(33,26(30)32)19-8-5-7-18(15-19)25-29-16-23(36-25)22-17-31(24-21(22)11-6-13-28-24)37(34,35)20-9-3-2-4-10-20/h2-11,13,15-17,33H,12,14H2,1H3/t27-/m1/s1. The van der Waals surface area contributed by atoms with Gasteiger partial charge in [0.15, 0.2) is 11.2 Å². The third kappa shape index (κ3) is 3.76. The van der Waals surface area contributed by atoms with Crippen LogP contribution < -0.4 is 0 Å². The Morgan fingerprint density at radius 2 is 1.84 bits per heavy atom. The molecule has 0 aliphatic carbocycles. The summed E-state index contributed by atoms with van der Waals surface area (Å²) in [5, 5.41) is 12.5. The van der Waals surface area contributed by atoms with Gasteiger partial charge in [0.25, 0.3) is 15.9 Å². The van der Waals surface area contributed by atoms with Gasteiger partial charge in [-0.3, -0.25) is 4.79 Å². The van der Waals surface area contributed by atoms with Crippen molar-refractivity contribution in [3.05, 3.63) is 90.9 Å². The number of pyridine rings is 1. The molecule has 1 amide bonds. The first-order valence-electron chi connectivity index (χ1n) is 11.6. The molecule has 0 radical (unpaired) electrons. The normalized spacial score (nSPS) is 18.1. The summed E-state index contributed by atoms with van der Waals surface area (Å²) in [6.07, 6.45) is 5.19. The highest BCUT2D eigenvalue weighted by molar-refractivity contribution is 7.90. The van der Waals surface area contributed by atoms with Crippen LogP contribution in [0.5, 0.6) is 0 Å². The molecule has 1 N–H and O–H groups in total. The first-order valence-corrected chi connectivity index (χ1v) is 13.9. The van der Waals surface area contributed by atoms with Gasteiger partial charge in [0.2, 0.25) is 0 Å². The summed E-state index contributed by atoms with van der Waals surface area (Å²) in [4.78, 5) is 24.0. The zero-order valence-corrected chi connectivity index (χ0v) is 21.4. The molecule has 1 atom stereocenters. The maximum Gasteiger partial charge on any atom is 0.269 e. The Hall–Kier alpha value is -3.86. The summed E-state index contributed by atoms with van der Waals surface area (Å²) in [5.41, 5.74) is 0.794. The van der Waals surface area contributed by atoms with Crippen molar-refractivity contribution >= 4 is 38.3 Å². The van der Waals surface area contributed by atoms with E-state index in [0.717, 1.165) is 10.4 Å². The molecule has 2 aromatic carbocycles. The van der Waals surface area contributed by atoms with E-state index in [1.54, 1.807) is 80.2 Å². The van der Waals surface area contributed by atoms with Crippen molar-refractivity contribution in [2.24, 2.45) is 0 Å². The number of aromatic nitrogens is 3. The number of amides is 1. The van der Waals surface area contributed by atoms with Gasteiger partial charge in [-0.15, -0.1) is 11.3 Å². The van der Waals surface area contributed by atoms with Crippen LogP contribution in [0.15, 0.2) is 90.2 Å². The lowest BCUT2D eigenvalue weighted by Crippen LogP contribution is -2.36. The number of hydrogen-bond acceptors (Lipinski definition) is 7. The number of likely N-dealkylation sites (N-methyl/N-ethyl adjacent to an activating group) is 1. The van der Waals surface area contributed by atoms with Crippen LogP contribution in [0.3, 0.4) is 0 Å². The van der Waals surface area contributed by atoms with Crippen LogP contribution in [0, 0.1) is 0 Å². The third-order valence-electron chi connectivity index (χ3n) is 6.70. The molecule has 4 heterocycles. The van der Waals surface area contributed by atoms with Crippen molar-refractivity contribution in [3.63, 3.8) is 0 Å². The van der Waals surface area contributed by atoms with Crippen LogP contribution in [0.4, 0.5) is 0 Å². The summed E-state index contributed by atoms with van der Waals surface area (Å²) in [7, 11) is -2.17. The topological polar surface area (TPSA) is 105 Å². The van der Waals surface area contributed by atoms with Crippen molar-refractivity contribution in [3.8, 4) is 21.0 Å². The predicted octanol–water partition coefficient (Wildman–Crippen LogP) is 4.11. The minimum absolute atomic E-state index is 0.177. The summed E-state index contributed by atoms with van der Waals surface area (Å²) in [6, 6.07) is 19.1. The van der Waals surface area contributed by atoms with E-state index in [1.807, 2.05) is 12.1 Å². The molecule has 1 fully saturated rings. The Labute approximate surface area is 217 Å². The molecule has 6 rings (SSSR count). The Morgan fingerprint density at radius 1 is 1.03 bits per heavy atom. The van der Waals surface area contributed by atoms with Gasteiger partial charge in [0.05, 0.1) is 9.77 Å². The second kappa shape index (κ2) is 8.62. The fraction of sp³-hybridized carbons (Fsp3) is 0.148. The van der Waals surface area contributed by atoms with Crippen LogP contribution in [-0.4, -0.2) is 51.9 Å². The highest BCUT2D eigenvalue weighted by Gasteiger charge is 2.45. The second-order valence-corrected chi connectivity index (χ2v) is 11.8. The number of aliphatic hydroxyl groups is 1. The van der Waals surface area contributed by atoms with Crippen molar-refractivity contribution in [2.45, 2.75) is 16.9 Å². The van der Waals surface area contributed by atoms with E-state index in [0.29, 0.717) is 40.1 Å². The largest absolute Gasteiger partial charge is 0.375 e. The number of rotatable bonds is 5. The average molecular weight is 531 g/mol. The van der Waals surface area contributed by atoms with Crippen molar-refractivity contribution in [1.82, 2.24) is 18.8 Å². The van der Waals surface area contributed by atoms with Crippen LogP contribution in [-0.2, 0) is 20.4 Å². The van der Waals surface area contributed by atoms with Crippen LogP contribution in [0.25, 0.3) is 32.0 Å². The maximum atomic E-state index is 13.4. The number of hydrogen-bond donors (Lipinski definition) is 1. The molecular formula is C27H22N4O4S2. The molecule has 1 saturated heterocycles. The number of carbonyl (C=O) groups excluding carboxylic acids is 1. The molecule has 0 bridgehead atoms. The summed E-state index contributed by atoms with van der Waals surface area (Å²) >= 11 is 1.40. The zero-order chi connectivity index (χ0) is 25.8. The number of thiazole rings is 1. The quantitative estimate of drug-likeness (QED) is 0.367. The minimum atomic E-state index is -3.86. The molecule has 1 aliphatic heterocycles. The molecule has 0 spiro atoms. The molecule has 1 aliphatic rings. The average Bonchev–Trinajstić information content (AvgIpc) is 3.63. The minimum Gasteiger partial charge on any atom is -0.375 e. The molecule has 37 heavy (non-hydrogen) atoms. The summed E-state index contributed by atoms with van der Waals surface area (Å²) in [5.74, 6) is -0.315. The third-order valence-corrected chi connectivity index (χ3v) is 9.44. The highest BCUT2D eigenvalue weighted by Crippen LogP contribution is 2.39. The van der Waals surface area contributed by atoms with E-state index in [2.05, 4.69) is 9.97 Å².